The van der Waals surface area contributed by atoms with Crippen LogP contribution >= 0.6 is 15.9 Å². The van der Waals surface area contributed by atoms with Gasteiger partial charge in [0.25, 0.3) is 0 Å². The summed E-state index contributed by atoms with van der Waals surface area (Å²) >= 11 is 4.01. The number of benzene rings is 7. The molecule has 0 radical (unpaired) electrons. The number of rotatable bonds is 34. The summed E-state index contributed by atoms with van der Waals surface area (Å²) in [6, 6.07) is 55.7. The Morgan fingerprint density at radius 2 is 0.456 bits per heavy atom. The zero-order chi connectivity index (χ0) is 55.8. The standard InChI is InChI=1S/C74H93BrO4/c1-9-17-21-54(13-5)50-76-71-33-25-58(26-34-71)62-41-63(59-27-35-72(36-28-59)77-51-55(14-6)22-18-10-2)44-66(43-62)68-47-69(49-70(75)48-68)67-45-64(60-29-37-73(38-30-60)78-52-56(15-7)23-19-11-3)42-65(46-67)61-31-39-74(40-32-61)79-53-57(16-8)24-20-12-4/h25-49,54-57H,9-24,50-53H2,1-8H3. The van der Waals surface area contributed by atoms with E-state index in [1.54, 1.807) is 0 Å². The Morgan fingerprint density at radius 3 is 0.646 bits per heavy atom. The molecule has 0 N–H and O–H groups in total. The van der Waals surface area contributed by atoms with Gasteiger partial charge in [-0.15, -0.1) is 0 Å². The molecular weight excluding hydrogens is 1030 g/mol. The molecule has 7 aromatic rings. The first-order valence-electron chi connectivity index (χ1n) is 30.7. The van der Waals surface area contributed by atoms with Gasteiger partial charge in [-0.25, -0.2) is 0 Å². The molecule has 0 heterocycles. The molecule has 0 bridgehead atoms. The molecule has 0 saturated carbocycles. The molecular formula is C74H93BrO4. The predicted molar refractivity (Wildman–Crippen MR) is 342 cm³/mol. The van der Waals surface area contributed by atoms with E-state index in [0.29, 0.717) is 23.7 Å². The first kappa shape index (κ1) is 60.9. The highest BCUT2D eigenvalue weighted by atomic mass is 79.9. The quantitative estimate of drug-likeness (QED) is 0.0403. The third-order valence-corrected chi connectivity index (χ3v) is 16.8. The Bertz CT molecular complexity index is 2490. The molecule has 0 aliphatic heterocycles. The van der Waals surface area contributed by atoms with Crippen LogP contribution < -0.4 is 18.9 Å². The van der Waals surface area contributed by atoms with Crippen molar-refractivity contribution in [2.75, 3.05) is 26.4 Å². The van der Waals surface area contributed by atoms with Gasteiger partial charge in [0.2, 0.25) is 0 Å². The van der Waals surface area contributed by atoms with E-state index in [2.05, 4.69) is 223 Å². The van der Waals surface area contributed by atoms with Gasteiger partial charge in [0, 0.05) is 4.47 Å². The monoisotopic (exact) mass is 1120 g/mol. The molecule has 0 spiro atoms. The lowest BCUT2D eigenvalue weighted by atomic mass is 9.90. The molecule has 0 aliphatic carbocycles. The summed E-state index contributed by atoms with van der Waals surface area (Å²) in [5, 5.41) is 0. The molecule has 79 heavy (non-hydrogen) atoms. The van der Waals surface area contributed by atoms with Gasteiger partial charge in [0.15, 0.2) is 0 Å². The number of ether oxygens (including phenoxy) is 4. The van der Waals surface area contributed by atoms with Crippen LogP contribution in [0.5, 0.6) is 23.0 Å². The first-order valence-corrected chi connectivity index (χ1v) is 31.5. The number of halogens is 1. The van der Waals surface area contributed by atoms with Gasteiger partial charge in [-0.05, 0) is 219 Å². The molecule has 0 aromatic heterocycles. The van der Waals surface area contributed by atoms with Crippen molar-refractivity contribution in [2.24, 2.45) is 23.7 Å². The van der Waals surface area contributed by atoms with Crippen molar-refractivity contribution in [2.45, 2.75) is 158 Å². The van der Waals surface area contributed by atoms with Gasteiger partial charge < -0.3 is 18.9 Å². The highest BCUT2D eigenvalue weighted by Crippen LogP contribution is 2.40. The first-order chi connectivity index (χ1) is 38.6. The molecule has 7 aromatic carbocycles. The third-order valence-electron chi connectivity index (χ3n) is 16.3. The van der Waals surface area contributed by atoms with E-state index >= 15 is 0 Å². The summed E-state index contributed by atoms with van der Waals surface area (Å²) in [6.07, 6.45) is 19.2. The number of hydrogen-bond donors (Lipinski definition) is 0. The molecule has 0 saturated heterocycles. The van der Waals surface area contributed by atoms with Crippen LogP contribution in [0, 0.1) is 23.7 Å². The van der Waals surface area contributed by atoms with Crippen molar-refractivity contribution < 1.29 is 18.9 Å². The van der Waals surface area contributed by atoms with Crippen LogP contribution in [-0.4, -0.2) is 26.4 Å². The van der Waals surface area contributed by atoms with Gasteiger partial charge in [0.05, 0.1) is 26.4 Å². The van der Waals surface area contributed by atoms with Crippen LogP contribution in [0.2, 0.25) is 0 Å². The minimum absolute atomic E-state index is 0.574. The fraction of sp³-hybridized carbons (Fsp3) is 0.432. The largest absolute Gasteiger partial charge is 0.493 e. The molecule has 0 fully saturated rings. The van der Waals surface area contributed by atoms with E-state index < -0.39 is 0 Å². The minimum Gasteiger partial charge on any atom is -0.493 e. The second-order valence-corrected chi connectivity index (χ2v) is 23.2. The Kier molecular flexibility index (Phi) is 25.0. The van der Waals surface area contributed by atoms with Crippen LogP contribution in [-0.2, 0) is 0 Å². The van der Waals surface area contributed by atoms with Crippen molar-refractivity contribution in [3.63, 3.8) is 0 Å². The average molecular weight is 1130 g/mol. The lowest BCUT2D eigenvalue weighted by Gasteiger charge is -2.17. The zero-order valence-electron chi connectivity index (χ0n) is 49.4. The molecule has 0 amide bonds. The minimum atomic E-state index is 0.574. The van der Waals surface area contributed by atoms with E-state index in [0.717, 1.165) is 146 Å². The molecule has 4 unspecified atom stereocenters. The maximum Gasteiger partial charge on any atom is 0.119 e. The van der Waals surface area contributed by atoms with E-state index in [4.69, 9.17) is 18.9 Å². The van der Waals surface area contributed by atoms with Crippen LogP contribution in [0.15, 0.2) is 156 Å². The summed E-state index contributed by atoms with van der Waals surface area (Å²) in [6.45, 7) is 21.2. The van der Waals surface area contributed by atoms with Crippen LogP contribution in [0.4, 0.5) is 0 Å². The fourth-order valence-electron chi connectivity index (χ4n) is 10.6. The highest BCUT2D eigenvalue weighted by molar-refractivity contribution is 9.10. The van der Waals surface area contributed by atoms with E-state index in [-0.39, 0.29) is 0 Å². The second-order valence-electron chi connectivity index (χ2n) is 22.3. The number of hydrogen-bond acceptors (Lipinski definition) is 4. The highest BCUT2D eigenvalue weighted by Gasteiger charge is 2.16. The molecule has 0 aliphatic rings. The van der Waals surface area contributed by atoms with Gasteiger partial charge in [0.1, 0.15) is 23.0 Å². The van der Waals surface area contributed by atoms with Gasteiger partial charge in [-0.1, -0.05) is 197 Å². The molecule has 4 nitrogen and oxygen atoms in total. The lowest BCUT2D eigenvalue weighted by Crippen LogP contribution is -2.11. The second kappa shape index (κ2) is 32.5. The Hall–Kier alpha value is -5.78. The van der Waals surface area contributed by atoms with Crippen molar-refractivity contribution in [3.05, 3.63) is 156 Å². The Labute approximate surface area is 486 Å². The fourth-order valence-corrected chi connectivity index (χ4v) is 11.1. The van der Waals surface area contributed by atoms with Crippen molar-refractivity contribution >= 4 is 15.9 Å². The van der Waals surface area contributed by atoms with E-state index in [1.165, 1.54) is 77.0 Å². The topological polar surface area (TPSA) is 36.9 Å². The summed E-state index contributed by atoms with van der Waals surface area (Å²) in [4.78, 5) is 0. The van der Waals surface area contributed by atoms with E-state index in [1.807, 2.05) is 0 Å². The summed E-state index contributed by atoms with van der Waals surface area (Å²) in [5.41, 5.74) is 13.7. The maximum absolute atomic E-state index is 6.39. The van der Waals surface area contributed by atoms with Gasteiger partial charge >= 0.3 is 0 Å². The average Bonchev–Trinajstić information content (AvgIpc) is 3.53. The van der Waals surface area contributed by atoms with Crippen molar-refractivity contribution in [1.82, 2.24) is 0 Å². The normalized spacial score (nSPS) is 12.9. The summed E-state index contributed by atoms with van der Waals surface area (Å²) in [5.74, 6) is 5.97. The SMILES string of the molecule is CCCCC(CC)COc1ccc(-c2cc(-c3ccc(OCC(CC)CCCC)cc3)cc(-c3cc(Br)cc(-c4cc(-c5ccc(OCC(CC)CCCC)cc5)cc(-c5ccc(OCC(CC)CCCC)cc5)c4)c3)c2)cc1. The molecule has 420 valence electrons. The van der Waals surface area contributed by atoms with Crippen molar-refractivity contribution in [3.8, 4) is 89.8 Å². The summed E-state index contributed by atoms with van der Waals surface area (Å²) < 4.78 is 26.6. The van der Waals surface area contributed by atoms with Gasteiger partial charge in [-0.2, -0.15) is 0 Å². The molecule has 7 rings (SSSR count). The van der Waals surface area contributed by atoms with Gasteiger partial charge in [-0.3, -0.25) is 0 Å². The summed E-state index contributed by atoms with van der Waals surface area (Å²) in [7, 11) is 0. The zero-order valence-corrected chi connectivity index (χ0v) is 51.0. The van der Waals surface area contributed by atoms with Crippen LogP contribution in [0.3, 0.4) is 0 Å². The lowest BCUT2D eigenvalue weighted by molar-refractivity contribution is 0.233. The number of unbranched alkanes of at least 4 members (excludes halogenated alkanes) is 4. The third kappa shape index (κ3) is 18.6. The molecule has 5 heteroatoms. The smallest absolute Gasteiger partial charge is 0.119 e. The Balaban J connectivity index is 1.26. The van der Waals surface area contributed by atoms with Crippen LogP contribution in [0.25, 0.3) is 66.8 Å². The maximum atomic E-state index is 6.39. The van der Waals surface area contributed by atoms with Crippen molar-refractivity contribution in [1.29, 1.82) is 0 Å². The predicted octanol–water partition coefficient (Wildman–Crippen LogP) is 22.8. The Morgan fingerprint density at radius 1 is 0.266 bits per heavy atom. The molecule has 4 atom stereocenters. The van der Waals surface area contributed by atoms with E-state index in [9.17, 15) is 0 Å². The van der Waals surface area contributed by atoms with Crippen LogP contribution in [0.1, 0.15) is 158 Å².